The van der Waals surface area contributed by atoms with Crippen LogP contribution in [0, 0.1) is 20.8 Å². The molecule has 7 nitrogen and oxygen atoms in total. The molecule has 37 heavy (non-hydrogen) atoms. The fourth-order valence-electron chi connectivity index (χ4n) is 5.87. The summed E-state index contributed by atoms with van der Waals surface area (Å²) in [6.07, 6.45) is 2.19. The zero-order valence-corrected chi connectivity index (χ0v) is 23.3. The summed E-state index contributed by atoms with van der Waals surface area (Å²) in [4.78, 5) is 27.8. The van der Waals surface area contributed by atoms with Gasteiger partial charge >= 0.3 is 0 Å². The minimum Gasteiger partial charge on any atom is -0.507 e. The average molecular weight is 525 g/mol. The standard InChI is InChI=1S/C29H36N2O5S/c1-16-17(2)25-23(18(3)24(16)32)22(29(4,5)36-25)14-31-13-7-8-20(31)15-35-21-11-9-19(10-12-21)26-27(33)30(6)28(34)37-26/h9-12,20,22,26,32H,7-8,13-15H2,1-6H3/t20-,22?,26?/m0/s1. The number of likely N-dealkylation sites (tertiary alicyclic amines) is 1. The van der Waals surface area contributed by atoms with E-state index in [4.69, 9.17) is 9.47 Å². The van der Waals surface area contributed by atoms with Gasteiger partial charge in [-0.15, -0.1) is 0 Å². The maximum atomic E-state index is 12.3. The molecule has 1 N–H and O–H groups in total. The number of aromatic hydroxyl groups is 1. The molecule has 2 fully saturated rings. The SMILES string of the molecule is Cc1c(C)c2c(c(C)c1O)C(CN1CCC[C@H]1COc1ccc(C3SC(=O)N(C)C3=O)cc1)C(C)(C)O2. The first kappa shape index (κ1) is 25.9. The van der Waals surface area contributed by atoms with Gasteiger partial charge in [0.2, 0.25) is 5.91 Å². The molecule has 2 unspecified atom stereocenters. The van der Waals surface area contributed by atoms with Gasteiger partial charge in [0.25, 0.3) is 5.24 Å². The predicted molar refractivity (Wildman–Crippen MR) is 145 cm³/mol. The van der Waals surface area contributed by atoms with Gasteiger partial charge in [-0.3, -0.25) is 19.4 Å². The lowest BCUT2D eigenvalue weighted by molar-refractivity contribution is -0.125. The number of carbonyl (C=O) groups is 2. The van der Waals surface area contributed by atoms with Gasteiger partial charge in [0, 0.05) is 31.1 Å². The Kier molecular flexibility index (Phi) is 6.69. The Hall–Kier alpha value is -2.71. The Balaban J connectivity index is 1.27. The largest absolute Gasteiger partial charge is 0.507 e. The Bertz CT molecular complexity index is 1240. The lowest BCUT2D eigenvalue weighted by atomic mass is 9.82. The van der Waals surface area contributed by atoms with E-state index in [1.165, 1.54) is 11.9 Å². The van der Waals surface area contributed by atoms with Gasteiger partial charge < -0.3 is 14.6 Å². The van der Waals surface area contributed by atoms with Crippen LogP contribution >= 0.6 is 11.8 Å². The predicted octanol–water partition coefficient (Wildman–Crippen LogP) is 5.48. The maximum Gasteiger partial charge on any atom is 0.289 e. The van der Waals surface area contributed by atoms with Gasteiger partial charge in [-0.1, -0.05) is 12.1 Å². The molecule has 2 saturated heterocycles. The monoisotopic (exact) mass is 524 g/mol. The summed E-state index contributed by atoms with van der Waals surface area (Å²) in [5, 5.41) is 10.1. The van der Waals surface area contributed by atoms with Gasteiger partial charge in [0.05, 0.1) is 0 Å². The van der Waals surface area contributed by atoms with Crippen molar-refractivity contribution >= 4 is 22.9 Å². The number of fused-ring (bicyclic) bond motifs is 1. The number of carbonyl (C=O) groups excluding carboxylic acids is 2. The van der Waals surface area contributed by atoms with Gasteiger partial charge in [-0.25, -0.2) is 0 Å². The van der Waals surface area contributed by atoms with Crippen LogP contribution in [0.25, 0.3) is 0 Å². The van der Waals surface area contributed by atoms with Gasteiger partial charge in [-0.05, 0) is 100 Å². The fraction of sp³-hybridized carbons (Fsp3) is 0.517. The zero-order valence-electron chi connectivity index (χ0n) is 22.5. The quantitative estimate of drug-likeness (QED) is 0.536. The topological polar surface area (TPSA) is 79.3 Å². The highest BCUT2D eigenvalue weighted by molar-refractivity contribution is 8.14. The molecule has 0 aliphatic carbocycles. The van der Waals surface area contributed by atoms with E-state index in [2.05, 4.69) is 18.7 Å². The smallest absolute Gasteiger partial charge is 0.289 e. The molecule has 3 atom stereocenters. The number of thioether (sulfide) groups is 1. The van der Waals surface area contributed by atoms with Crippen molar-refractivity contribution < 1.29 is 24.2 Å². The maximum absolute atomic E-state index is 12.3. The first-order chi connectivity index (χ1) is 17.5. The summed E-state index contributed by atoms with van der Waals surface area (Å²) in [5.41, 5.74) is 4.41. The van der Waals surface area contributed by atoms with Crippen molar-refractivity contribution in [1.29, 1.82) is 0 Å². The van der Waals surface area contributed by atoms with Crippen molar-refractivity contribution in [2.45, 2.75) is 70.3 Å². The molecule has 198 valence electrons. The number of nitrogens with zero attached hydrogens (tertiary/aromatic N) is 2. The summed E-state index contributed by atoms with van der Waals surface area (Å²) in [6.45, 7) is 12.7. The Labute approximate surface area is 223 Å². The van der Waals surface area contributed by atoms with Crippen LogP contribution in [-0.4, -0.2) is 64.4 Å². The minimum absolute atomic E-state index is 0.148. The van der Waals surface area contributed by atoms with Crippen molar-refractivity contribution in [3.8, 4) is 17.2 Å². The number of likely N-dealkylation sites (N-methyl/N-ethyl adjacent to an activating group) is 1. The second-order valence-electron chi connectivity index (χ2n) is 11.1. The van der Waals surface area contributed by atoms with Crippen LogP contribution in [-0.2, 0) is 4.79 Å². The highest BCUT2D eigenvalue weighted by atomic mass is 32.2. The van der Waals surface area contributed by atoms with Crippen molar-refractivity contribution in [3.63, 3.8) is 0 Å². The summed E-state index contributed by atoms with van der Waals surface area (Å²) in [6, 6.07) is 7.80. The summed E-state index contributed by atoms with van der Waals surface area (Å²) < 4.78 is 12.7. The van der Waals surface area contributed by atoms with Crippen molar-refractivity contribution in [2.24, 2.45) is 0 Å². The van der Waals surface area contributed by atoms with Crippen LogP contribution in [0.1, 0.15) is 65.7 Å². The van der Waals surface area contributed by atoms with E-state index in [9.17, 15) is 14.7 Å². The third-order valence-electron chi connectivity index (χ3n) is 8.40. The molecule has 0 saturated carbocycles. The van der Waals surface area contributed by atoms with E-state index in [0.29, 0.717) is 18.4 Å². The second-order valence-corrected chi connectivity index (χ2v) is 12.1. The first-order valence-corrected chi connectivity index (χ1v) is 13.8. The summed E-state index contributed by atoms with van der Waals surface area (Å²) in [5.74, 6) is 2.03. The molecule has 3 aliphatic heterocycles. The van der Waals surface area contributed by atoms with Gasteiger partial charge in [-0.2, -0.15) is 0 Å². The molecule has 8 heteroatoms. The lowest BCUT2D eigenvalue weighted by Gasteiger charge is -2.33. The summed E-state index contributed by atoms with van der Waals surface area (Å²) >= 11 is 1.05. The number of benzene rings is 2. The molecular weight excluding hydrogens is 488 g/mol. The molecule has 0 aromatic heterocycles. The number of imide groups is 1. The van der Waals surface area contributed by atoms with Crippen molar-refractivity contribution in [3.05, 3.63) is 52.1 Å². The van der Waals surface area contributed by atoms with Crippen LogP contribution < -0.4 is 9.47 Å². The number of phenolic OH excluding ortho intramolecular Hbond substituents is 1. The molecule has 2 aromatic carbocycles. The molecule has 0 spiro atoms. The third kappa shape index (κ3) is 4.48. The van der Waals surface area contributed by atoms with Crippen LogP contribution in [0.15, 0.2) is 24.3 Å². The van der Waals surface area contributed by atoms with Gasteiger partial charge in [0.15, 0.2) is 0 Å². The molecule has 3 aliphatic rings. The fourth-order valence-corrected chi connectivity index (χ4v) is 6.87. The number of phenols is 1. The minimum atomic E-state index is -0.480. The second kappa shape index (κ2) is 9.55. The lowest BCUT2D eigenvalue weighted by Crippen LogP contribution is -2.42. The van der Waals surface area contributed by atoms with Crippen LogP contribution in [0.2, 0.25) is 0 Å². The zero-order chi connectivity index (χ0) is 26.6. The highest BCUT2D eigenvalue weighted by Crippen LogP contribution is 2.52. The van der Waals surface area contributed by atoms with E-state index < -0.39 is 5.25 Å². The normalized spacial score (nSPS) is 25.0. The summed E-state index contributed by atoms with van der Waals surface area (Å²) in [7, 11) is 1.52. The molecule has 0 bridgehead atoms. The number of ether oxygens (including phenoxy) is 2. The molecule has 2 amide bonds. The highest BCUT2D eigenvalue weighted by Gasteiger charge is 2.46. The number of amides is 2. The molecular formula is C29H36N2O5S. The number of rotatable bonds is 6. The van der Waals surface area contributed by atoms with E-state index in [-0.39, 0.29) is 22.7 Å². The Morgan fingerprint density at radius 3 is 2.46 bits per heavy atom. The molecule has 3 heterocycles. The van der Waals surface area contributed by atoms with E-state index in [1.54, 1.807) is 0 Å². The third-order valence-corrected chi connectivity index (χ3v) is 9.59. The van der Waals surface area contributed by atoms with E-state index in [1.807, 2.05) is 45.0 Å². The number of hydrogen-bond donors (Lipinski definition) is 1. The Morgan fingerprint density at radius 1 is 1.11 bits per heavy atom. The average Bonchev–Trinajstić information content (AvgIpc) is 3.51. The van der Waals surface area contributed by atoms with Crippen LogP contribution in [0.5, 0.6) is 17.2 Å². The van der Waals surface area contributed by atoms with E-state index in [0.717, 1.165) is 77.0 Å². The van der Waals surface area contributed by atoms with Crippen LogP contribution in [0.3, 0.4) is 0 Å². The van der Waals surface area contributed by atoms with Crippen molar-refractivity contribution in [2.75, 3.05) is 26.7 Å². The van der Waals surface area contributed by atoms with Crippen molar-refractivity contribution in [1.82, 2.24) is 9.80 Å². The Morgan fingerprint density at radius 2 is 1.81 bits per heavy atom. The molecule has 2 aromatic rings. The molecule has 0 radical (unpaired) electrons. The van der Waals surface area contributed by atoms with Crippen LogP contribution in [0.4, 0.5) is 4.79 Å². The van der Waals surface area contributed by atoms with E-state index >= 15 is 0 Å². The first-order valence-electron chi connectivity index (χ1n) is 13.0. The van der Waals surface area contributed by atoms with Gasteiger partial charge in [0.1, 0.15) is 34.7 Å². The number of hydrogen-bond acceptors (Lipinski definition) is 7. The molecule has 5 rings (SSSR count).